The third-order valence-electron chi connectivity index (χ3n) is 7.64. The van der Waals surface area contributed by atoms with E-state index in [-0.39, 0.29) is 18.3 Å². The van der Waals surface area contributed by atoms with Crippen molar-refractivity contribution in [2.75, 3.05) is 0 Å². The highest BCUT2D eigenvalue weighted by Crippen LogP contribution is 2.36. The van der Waals surface area contributed by atoms with Crippen LogP contribution in [-0.2, 0) is 6.61 Å². The van der Waals surface area contributed by atoms with Gasteiger partial charge in [-0.05, 0) is 36.8 Å². The Balaban J connectivity index is 1.40. The summed E-state index contributed by atoms with van der Waals surface area (Å²) in [6.07, 6.45) is 19.5. The summed E-state index contributed by atoms with van der Waals surface area (Å²) in [6.45, 7) is 2.43. The zero-order chi connectivity index (χ0) is 29.4. The van der Waals surface area contributed by atoms with Crippen LogP contribution in [0.3, 0.4) is 0 Å². The molecule has 0 saturated heterocycles. The Bertz CT molecular complexity index is 1330. The number of Topliss-reactive ketones (excluding diaryl/α,β-unsaturated/α-hetero) is 1. The van der Waals surface area contributed by atoms with Gasteiger partial charge in [-0.3, -0.25) is 4.79 Å². The van der Waals surface area contributed by atoms with E-state index in [9.17, 15) is 4.79 Å². The summed E-state index contributed by atoms with van der Waals surface area (Å²) >= 11 is 3.61. The highest BCUT2D eigenvalue weighted by atomic mass is 79.9. The number of nitrogens with zero attached hydrogens (tertiary/aromatic N) is 5. The fourth-order valence-electron chi connectivity index (χ4n) is 5.30. The van der Waals surface area contributed by atoms with Crippen LogP contribution in [0.25, 0.3) is 5.69 Å². The predicted molar refractivity (Wildman–Crippen MR) is 169 cm³/mol. The maximum absolute atomic E-state index is 14.1. The largest absolute Gasteiger partial charge is 0.485 e. The van der Waals surface area contributed by atoms with Gasteiger partial charge in [-0.2, -0.15) is 10.3 Å². The molecule has 0 radical (unpaired) electrons. The molecule has 4 aromatic rings. The van der Waals surface area contributed by atoms with E-state index in [1.807, 2.05) is 54.7 Å². The Morgan fingerprint density at radius 2 is 1.62 bits per heavy atom. The lowest BCUT2D eigenvalue weighted by Crippen LogP contribution is -2.15. The predicted octanol–water partition coefficient (Wildman–Crippen LogP) is 8.78. The van der Waals surface area contributed by atoms with Crippen LogP contribution in [-0.4, -0.2) is 36.2 Å². The van der Waals surface area contributed by atoms with Crippen molar-refractivity contribution in [2.45, 2.75) is 103 Å². The first-order valence-corrected chi connectivity index (χ1v) is 16.2. The number of nitrogens with one attached hydrogen (secondary N) is 1. The maximum Gasteiger partial charge on any atom is 0.211 e. The number of rotatable bonds is 20. The summed E-state index contributed by atoms with van der Waals surface area (Å²) in [5, 5.41) is 18.5. The number of ketones is 1. The Kier molecular flexibility index (Phi) is 13.2. The van der Waals surface area contributed by atoms with E-state index < -0.39 is 0 Å². The number of tetrazole rings is 1. The van der Waals surface area contributed by atoms with Gasteiger partial charge in [0.2, 0.25) is 5.82 Å². The van der Waals surface area contributed by atoms with Crippen molar-refractivity contribution in [3.8, 4) is 11.4 Å². The molecule has 1 N–H and O–H groups in total. The van der Waals surface area contributed by atoms with Gasteiger partial charge in [0.15, 0.2) is 12.4 Å². The smallest absolute Gasteiger partial charge is 0.211 e. The molecule has 0 bridgehead atoms. The molecule has 0 amide bonds. The molecular formula is C33H43BrN6O2. The van der Waals surface area contributed by atoms with Crippen LogP contribution < -0.4 is 4.74 Å². The minimum atomic E-state index is -0.362. The second-order valence-corrected chi connectivity index (χ2v) is 11.8. The Labute approximate surface area is 257 Å². The number of hydrogen-bond donors (Lipinski definition) is 1. The second kappa shape index (κ2) is 17.6. The molecule has 42 heavy (non-hydrogen) atoms. The first-order chi connectivity index (χ1) is 20.7. The monoisotopic (exact) mass is 634 g/mol. The summed E-state index contributed by atoms with van der Waals surface area (Å²) in [5.74, 6) is 0.787. The summed E-state index contributed by atoms with van der Waals surface area (Å²) < 4.78 is 8.76. The third-order valence-corrected chi connectivity index (χ3v) is 8.14. The number of aromatic amines is 1. The lowest BCUT2D eigenvalue weighted by atomic mass is 9.86. The van der Waals surface area contributed by atoms with Gasteiger partial charge in [0.1, 0.15) is 5.75 Å². The van der Waals surface area contributed by atoms with Gasteiger partial charge >= 0.3 is 0 Å². The number of carbonyl (C=O) groups excluding carboxylic acids is 1. The molecule has 0 aliphatic carbocycles. The number of para-hydroxylation sites is 1. The van der Waals surface area contributed by atoms with Crippen molar-refractivity contribution in [1.82, 2.24) is 30.4 Å². The number of halogens is 1. The maximum atomic E-state index is 14.1. The van der Waals surface area contributed by atoms with Crippen LogP contribution >= 0.6 is 15.9 Å². The topological polar surface area (TPSA) is 98.6 Å². The van der Waals surface area contributed by atoms with E-state index in [4.69, 9.17) is 4.74 Å². The molecule has 8 nitrogen and oxygen atoms in total. The molecule has 2 aromatic heterocycles. The minimum Gasteiger partial charge on any atom is -0.485 e. The highest BCUT2D eigenvalue weighted by Gasteiger charge is 2.27. The Morgan fingerprint density at radius 1 is 0.929 bits per heavy atom. The van der Waals surface area contributed by atoms with Crippen LogP contribution in [0.5, 0.6) is 5.75 Å². The third kappa shape index (κ3) is 9.89. The van der Waals surface area contributed by atoms with Crippen molar-refractivity contribution in [3.63, 3.8) is 0 Å². The van der Waals surface area contributed by atoms with E-state index in [0.717, 1.165) is 35.0 Å². The van der Waals surface area contributed by atoms with Gasteiger partial charge in [-0.15, -0.1) is 10.2 Å². The molecule has 0 aliphatic rings. The number of aromatic nitrogens is 6. The number of benzene rings is 2. The molecule has 1 atom stereocenters. The van der Waals surface area contributed by atoms with E-state index in [0.29, 0.717) is 17.1 Å². The van der Waals surface area contributed by atoms with E-state index in [1.165, 1.54) is 64.2 Å². The van der Waals surface area contributed by atoms with Crippen LogP contribution in [0, 0.1) is 0 Å². The normalized spacial score (nSPS) is 12.0. The summed E-state index contributed by atoms with van der Waals surface area (Å²) in [4.78, 5) is 14.1. The first-order valence-electron chi connectivity index (χ1n) is 15.4. The molecule has 0 aliphatic heterocycles. The van der Waals surface area contributed by atoms with E-state index >= 15 is 0 Å². The highest BCUT2D eigenvalue weighted by molar-refractivity contribution is 9.10. The van der Waals surface area contributed by atoms with Gasteiger partial charge in [-0.25, -0.2) is 4.68 Å². The SMILES string of the molecule is CCCCCCCCCCCCCCC(C(=O)c1cnn(-c2ccccc2)c1)c1cc(Br)ccc1OCc1nn[nH]n1. The first kappa shape index (κ1) is 31.6. The van der Waals surface area contributed by atoms with Gasteiger partial charge in [0.25, 0.3) is 0 Å². The van der Waals surface area contributed by atoms with Crippen molar-refractivity contribution in [3.05, 3.63) is 82.3 Å². The van der Waals surface area contributed by atoms with Gasteiger partial charge in [-0.1, -0.05) is 123 Å². The van der Waals surface area contributed by atoms with Gasteiger partial charge in [0, 0.05) is 16.2 Å². The fourth-order valence-corrected chi connectivity index (χ4v) is 5.68. The number of H-pyrrole nitrogens is 1. The van der Waals surface area contributed by atoms with Crippen LogP contribution in [0.1, 0.15) is 118 Å². The van der Waals surface area contributed by atoms with Crippen molar-refractivity contribution >= 4 is 21.7 Å². The molecule has 0 saturated carbocycles. The lowest BCUT2D eigenvalue weighted by Gasteiger charge is -2.20. The fraction of sp³-hybridized carbons (Fsp3) is 0.485. The molecule has 0 spiro atoms. The molecule has 4 rings (SSSR count). The molecule has 9 heteroatoms. The Morgan fingerprint density at radius 3 is 2.29 bits per heavy atom. The van der Waals surface area contributed by atoms with Crippen LogP contribution in [0.15, 0.2) is 65.4 Å². The van der Waals surface area contributed by atoms with Crippen LogP contribution in [0.2, 0.25) is 0 Å². The van der Waals surface area contributed by atoms with Crippen LogP contribution in [0.4, 0.5) is 0 Å². The standard InChI is InChI=1S/C33H43BrN6O2/c1-2-3-4-5-6-7-8-9-10-11-12-16-19-29(33(41)26-23-35-40(24-26)28-17-14-13-15-18-28)30-22-27(34)20-21-31(30)42-25-32-36-38-39-37-32/h13-15,17-18,20-24,29H,2-12,16,19,25H2,1H3,(H,36,37,38,39). The average molecular weight is 636 g/mol. The minimum absolute atomic E-state index is 0.0442. The molecular weight excluding hydrogens is 592 g/mol. The molecule has 2 heterocycles. The number of unbranched alkanes of at least 4 members (excludes halogenated alkanes) is 11. The van der Waals surface area contributed by atoms with Crippen molar-refractivity contribution < 1.29 is 9.53 Å². The average Bonchev–Trinajstić information content (AvgIpc) is 3.72. The zero-order valence-electron chi connectivity index (χ0n) is 24.7. The van der Waals surface area contributed by atoms with Gasteiger partial charge < -0.3 is 4.74 Å². The Hall–Kier alpha value is -3.33. The van der Waals surface area contributed by atoms with Crippen molar-refractivity contribution in [1.29, 1.82) is 0 Å². The number of hydrogen-bond acceptors (Lipinski definition) is 6. The molecule has 224 valence electrons. The molecule has 0 fully saturated rings. The quantitative estimate of drug-likeness (QED) is 0.0770. The lowest BCUT2D eigenvalue weighted by molar-refractivity contribution is 0.0951. The summed E-state index contributed by atoms with van der Waals surface area (Å²) in [6, 6.07) is 15.7. The van der Waals surface area contributed by atoms with E-state index in [2.05, 4.69) is 48.6 Å². The zero-order valence-corrected chi connectivity index (χ0v) is 26.3. The molecule has 2 aromatic carbocycles. The van der Waals surface area contributed by atoms with Crippen molar-refractivity contribution in [2.24, 2.45) is 0 Å². The number of carbonyl (C=O) groups is 1. The summed E-state index contributed by atoms with van der Waals surface area (Å²) in [7, 11) is 0. The van der Waals surface area contributed by atoms with Gasteiger partial charge in [0.05, 0.1) is 23.4 Å². The second-order valence-electron chi connectivity index (χ2n) is 10.9. The van der Waals surface area contributed by atoms with E-state index in [1.54, 1.807) is 10.9 Å². The summed E-state index contributed by atoms with van der Waals surface area (Å²) in [5.41, 5.74) is 2.36. The molecule has 1 unspecified atom stereocenters. The number of ether oxygens (including phenoxy) is 1.